The number of carbonyl (C=O) groups is 3. The maximum atomic E-state index is 12.9. The maximum Gasteiger partial charge on any atom is 0.309 e. The van der Waals surface area contributed by atoms with E-state index in [9.17, 15) is 14.4 Å². The van der Waals surface area contributed by atoms with Crippen LogP contribution in [0.15, 0.2) is 146 Å². The van der Waals surface area contributed by atoms with Crippen LogP contribution in [0.2, 0.25) is 0 Å². The zero-order valence-electron chi connectivity index (χ0n) is 51.1. The van der Waals surface area contributed by atoms with Gasteiger partial charge in [0.2, 0.25) is 0 Å². The number of ether oxygens (including phenoxy) is 3. The Balaban J connectivity index is 4.48. The molecule has 1 unspecified atom stereocenters. The normalized spacial score (nSPS) is 13.1. The third kappa shape index (κ3) is 64.0. The third-order valence-electron chi connectivity index (χ3n) is 13.3. The van der Waals surface area contributed by atoms with Crippen molar-refractivity contribution < 1.29 is 28.6 Å². The Hall–Kier alpha value is -4.71. The first-order valence-corrected chi connectivity index (χ1v) is 32.3. The first kappa shape index (κ1) is 74.3. The van der Waals surface area contributed by atoms with Crippen LogP contribution in [0.4, 0.5) is 0 Å². The van der Waals surface area contributed by atoms with Crippen molar-refractivity contribution in [3.05, 3.63) is 146 Å². The van der Waals surface area contributed by atoms with Crippen LogP contribution in [0, 0.1) is 0 Å². The summed E-state index contributed by atoms with van der Waals surface area (Å²) in [5.41, 5.74) is 0. The van der Waals surface area contributed by atoms with Crippen molar-refractivity contribution in [1.82, 2.24) is 0 Å². The van der Waals surface area contributed by atoms with Gasteiger partial charge < -0.3 is 14.2 Å². The number of unbranched alkanes of at least 4 members (excludes halogenated alkanes) is 23. The van der Waals surface area contributed by atoms with Crippen molar-refractivity contribution in [2.45, 2.75) is 284 Å². The van der Waals surface area contributed by atoms with E-state index in [0.717, 1.165) is 103 Å². The fourth-order valence-electron chi connectivity index (χ4n) is 8.57. The van der Waals surface area contributed by atoms with Crippen LogP contribution in [-0.2, 0) is 28.6 Å². The molecule has 0 aliphatic heterocycles. The smallest absolute Gasteiger partial charge is 0.309 e. The van der Waals surface area contributed by atoms with Crippen LogP contribution in [0.25, 0.3) is 0 Å². The molecule has 0 saturated heterocycles. The lowest BCUT2D eigenvalue weighted by Gasteiger charge is -2.18. The van der Waals surface area contributed by atoms with Gasteiger partial charge in [0, 0.05) is 12.8 Å². The molecule has 0 aromatic rings. The fourth-order valence-corrected chi connectivity index (χ4v) is 8.57. The molecular weight excluding hydrogens is 973 g/mol. The van der Waals surface area contributed by atoms with Crippen LogP contribution in [-0.4, -0.2) is 37.2 Å². The van der Waals surface area contributed by atoms with E-state index in [0.29, 0.717) is 12.8 Å². The summed E-state index contributed by atoms with van der Waals surface area (Å²) in [7, 11) is 0. The van der Waals surface area contributed by atoms with Crippen molar-refractivity contribution in [2.75, 3.05) is 13.2 Å². The molecule has 0 aliphatic rings. The molecule has 0 aromatic heterocycles. The van der Waals surface area contributed by atoms with E-state index < -0.39 is 12.1 Å². The SMILES string of the molecule is CC/C=C\C/C=C\C/C=C\C/C=C\C/C=C\C/C=C\CCCCC(=O)OC(COC(=O)C/C=C\C/C=C\C/C=C\C/C=C\C/C=C\CC)COC(=O)CCCCCCCCCCCCCCC/C=C\CCCCCCCCCC. The van der Waals surface area contributed by atoms with Crippen molar-refractivity contribution >= 4 is 17.9 Å². The van der Waals surface area contributed by atoms with E-state index in [1.165, 1.54) is 128 Å². The molecular formula is C73H118O6. The Morgan fingerprint density at radius 2 is 0.544 bits per heavy atom. The van der Waals surface area contributed by atoms with Gasteiger partial charge in [-0.15, -0.1) is 0 Å². The van der Waals surface area contributed by atoms with E-state index in [-0.39, 0.29) is 38.0 Å². The predicted molar refractivity (Wildman–Crippen MR) is 343 cm³/mol. The van der Waals surface area contributed by atoms with Gasteiger partial charge in [0.1, 0.15) is 13.2 Å². The maximum absolute atomic E-state index is 12.9. The number of esters is 3. The lowest BCUT2D eigenvalue weighted by atomic mass is 10.0. The van der Waals surface area contributed by atoms with Crippen LogP contribution >= 0.6 is 0 Å². The van der Waals surface area contributed by atoms with Gasteiger partial charge in [-0.05, 0) is 122 Å². The summed E-state index contributed by atoms with van der Waals surface area (Å²) < 4.78 is 16.8. The summed E-state index contributed by atoms with van der Waals surface area (Å²) in [5.74, 6) is -1.11. The van der Waals surface area contributed by atoms with Gasteiger partial charge in [-0.3, -0.25) is 14.4 Å². The van der Waals surface area contributed by atoms with Crippen LogP contribution in [0.1, 0.15) is 278 Å². The lowest BCUT2D eigenvalue weighted by Crippen LogP contribution is -2.30. The standard InChI is InChI=1S/C73H118O6/c1-4-7-10-13-16-19-22-25-28-30-32-34-35-36-37-39-40-42-45-48-51-54-57-60-63-66-72(75)78-69-70(68-77-71(74)65-62-59-56-53-50-47-44-27-24-21-18-15-12-9-6-3)79-73(76)67-64-61-58-55-52-49-46-43-41-38-33-31-29-26-23-20-17-14-11-8-5-2/h8-9,11-12,17-18,20-21,26-27,29-30,32-33,38,43-44,46,50,52-53,55,59,62,70H,4-7,10,13-16,19,22-25,28,31,34-37,39-42,45,47-49,51,54,56-58,60-61,63-69H2,1-3H3/b11-8-,12-9-,20-17-,21-18-,29-26-,32-30-,38-33-,44-27-,46-43-,53-50-,55-52-,62-59-. The Morgan fingerprint density at radius 1 is 0.278 bits per heavy atom. The highest BCUT2D eigenvalue weighted by Crippen LogP contribution is 2.15. The summed E-state index contributed by atoms with van der Waals surface area (Å²) in [6, 6.07) is 0. The summed E-state index contributed by atoms with van der Waals surface area (Å²) >= 11 is 0. The molecule has 0 N–H and O–H groups in total. The van der Waals surface area contributed by atoms with Crippen molar-refractivity contribution in [3.8, 4) is 0 Å². The summed E-state index contributed by atoms with van der Waals surface area (Å²) in [6.07, 6.45) is 94.6. The molecule has 0 bridgehead atoms. The second-order valence-electron chi connectivity index (χ2n) is 20.9. The molecule has 79 heavy (non-hydrogen) atoms. The molecule has 0 saturated carbocycles. The topological polar surface area (TPSA) is 78.9 Å². The van der Waals surface area contributed by atoms with Gasteiger partial charge in [-0.2, -0.15) is 0 Å². The first-order valence-electron chi connectivity index (χ1n) is 32.3. The van der Waals surface area contributed by atoms with Gasteiger partial charge >= 0.3 is 17.9 Å². The largest absolute Gasteiger partial charge is 0.462 e. The minimum atomic E-state index is -0.849. The third-order valence-corrected chi connectivity index (χ3v) is 13.3. The number of rotatable bonds is 57. The number of allylic oxidation sites excluding steroid dienone is 23. The molecule has 0 aliphatic carbocycles. The minimum Gasteiger partial charge on any atom is -0.462 e. The molecule has 0 spiro atoms. The summed E-state index contributed by atoms with van der Waals surface area (Å²) in [4.78, 5) is 38.3. The first-order chi connectivity index (χ1) is 39.0. The van der Waals surface area contributed by atoms with Gasteiger partial charge in [-0.1, -0.05) is 282 Å². The van der Waals surface area contributed by atoms with E-state index in [4.69, 9.17) is 14.2 Å². The van der Waals surface area contributed by atoms with Gasteiger partial charge in [-0.25, -0.2) is 0 Å². The van der Waals surface area contributed by atoms with Crippen LogP contribution in [0.3, 0.4) is 0 Å². The fraction of sp³-hybridized carbons (Fsp3) is 0.630. The van der Waals surface area contributed by atoms with E-state index in [1.54, 1.807) is 6.08 Å². The average Bonchev–Trinajstić information content (AvgIpc) is 3.45. The van der Waals surface area contributed by atoms with Gasteiger partial charge in [0.25, 0.3) is 0 Å². The number of carbonyl (C=O) groups excluding carboxylic acids is 3. The second kappa shape index (κ2) is 65.8. The molecule has 0 radical (unpaired) electrons. The number of hydrogen-bond acceptors (Lipinski definition) is 6. The molecule has 1 atom stereocenters. The molecule has 0 fully saturated rings. The van der Waals surface area contributed by atoms with Gasteiger partial charge in [0.05, 0.1) is 6.42 Å². The molecule has 0 aromatic carbocycles. The molecule has 6 heteroatoms. The average molecular weight is 1090 g/mol. The highest BCUT2D eigenvalue weighted by molar-refractivity contribution is 5.72. The van der Waals surface area contributed by atoms with E-state index >= 15 is 0 Å². The molecule has 6 nitrogen and oxygen atoms in total. The minimum absolute atomic E-state index is 0.112. The Kier molecular flexibility index (Phi) is 61.9. The number of hydrogen-bond donors (Lipinski definition) is 0. The molecule has 446 valence electrons. The molecule has 0 rings (SSSR count). The predicted octanol–water partition coefficient (Wildman–Crippen LogP) is 22.3. The van der Waals surface area contributed by atoms with Crippen molar-refractivity contribution in [1.29, 1.82) is 0 Å². The zero-order chi connectivity index (χ0) is 57.1. The van der Waals surface area contributed by atoms with Crippen LogP contribution in [0.5, 0.6) is 0 Å². The zero-order valence-corrected chi connectivity index (χ0v) is 51.1. The highest BCUT2D eigenvalue weighted by atomic mass is 16.6. The quantitative estimate of drug-likeness (QED) is 0.0261. The van der Waals surface area contributed by atoms with E-state index in [2.05, 4.69) is 154 Å². The Labute approximate surface area is 487 Å². The monoisotopic (exact) mass is 1090 g/mol. The van der Waals surface area contributed by atoms with Gasteiger partial charge in [0.15, 0.2) is 6.10 Å². The summed E-state index contributed by atoms with van der Waals surface area (Å²) in [5, 5.41) is 0. The molecule has 0 amide bonds. The van der Waals surface area contributed by atoms with Crippen LogP contribution < -0.4 is 0 Å². The summed E-state index contributed by atoms with van der Waals surface area (Å²) in [6.45, 7) is 6.30. The Morgan fingerprint density at radius 3 is 0.924 bits per heavy atom. The lowest BCUT2D eigenvalue weighted by molar-refractivity contribution is -0.166. The highest BCUT2D eigenvalue weighted by Gasteiger charge is 2.19. The van der Waals surface area contributed by atoms with Crippen molar-refractivity contribution in [3.63, 3.8) is 0 Å². The Bertz CT molecular complexity index is 1730. The second-order valence-corrected chi connectivity index (χ2v) is 20.9. The van der Waals surface area contributed by atoms with Crippen molar-refractivity contribution in [2.24, 2.45) is 0 Å². The van der Waals surface area contributed by atoms with E-state index in [1.807, 2.05) is 6.08 Å². The molecule has 0 heterocycles.